The Hall–Kier alpha value is -3.51. The van der Waals surface area contributed by atoms with Crippen LogP contribution in [0, 0.1) is 6.92 Å². The van der Waals surface area contributed by atoms with Gasteiger partial charge in [0.25, 0.3) is 5.91 Å². The Morgan fingerprint density at radius 2 is 1.73 bits per heavy atom. The molecule has 5 rings (SSSR count). The number of benzene rings is 3. The molecule has 168 valence electrons. The normalized spacial score (nSPS) is 15.1. The molecule has 0 spiro atoms. The molecule has 1 saturated heterocycles. The topological polar surface area (TPSA) is 54.4 Å². The van der Waals surface area contributed by atoms with E-state index in [9.17, 15) is 4.79 Å². The third kappa shape index (κ3) is 4.26. The number of hydrogen-bond donors (Lipinski definition) is 0. The number of fused-ring (bicyclic) bond motifs is 2. The van der Waals surface area contributed by atoms with Crippen molar-refractivity contribution < 1.29 is 14.3 Å². The summed E-state index contributed by atoms with van der Waals surface area (Å²) in [5, 5.41) is 0.620. The van der Waals surface area contributed by atoms with Crippen molar-refractivity contribution in [3.05, 3.63) is 82.4 Å². The highest BCUT2D eigenvalue weighted by Gasteiger charge is 2.28. The molecule has 0 atom stereocenters. The lowest BCUT2D eigenvalue weighted by Gasteiger charge is -2.36. The van der Waals surface area contributed by atoms with E-state index in [0.29, 0.717) is 36.8 Å². The first-order valence-corrected chi connectivity index (χ1v) is 11.2. The highest BCUT2D eigenvalue weighted by Crippen LogP contribution is 2.40. The highest BCUT2D eigenvalue weighted by atomic mass is 35.5. The Labute approximate surface area is 198 Å². The van der Waals surface area contributed by atoms with Crippen molar-refractivity contribution in [2.45, 2.75) is 6.92 Å². The number of hydrogen-bond acceptors (Lipinski definition) is 5. The van der Waals surface area contributed by atoms with Gasteiger partial charge in [-0.3, -0.25) is 4.79 Å². The van der Waals surface area contributed by atoms with Crippen LogP contribution in [0.1, 0.15) is 21.5 Å². The molecule has 0 bridgehead atoms. The van der Waals surface area contributed by atoms with Gasteiger partial charge in [0, 0.05) is 36.8 Å². The van der Waals surface area contributed by atoms with E-state index in [1.165, 1.54) is 0 Å². The van der Waals surface area contributed by atoms with Crippen LogP contribution in [0.2, 0.25) is 5.02 Å². The molecule has 2 aliphatic heterocycles. The monoisotopic (exact) mass is 461 g/mol. The zero-order chi connectivity index (χ0) is 22.9. The number of rotatable bonds is 2. The molecule has 3 aromatic rings. The summed E-state index contributed by atoms with van der Waals surface area (Å²) >= 11 is 5.96. The van der Waals surface area contributed by atoms with E-state index in [4.69, 9.17) is 26.1 Å². The summed E-state index contributed by atoms with van der Waals surface area (Å²) in [5.74, 6) is 3.04. The van der Waals surface area contributed by atoms with E-state index in [1.807, 2.05) is 48.2 Å². The van der Waals surface area contributed by atoms with Gasteiger partial charge in [-0.15, -0.1) is 0 Å². The van der Waals surface area contributed by atoms with Gasteiger partial charge in [-0.25, -0.2) is 4.99 Å². The van der Waals surface area contributed by atoms with Gasteiger partial charge < -0.3 is 19.3 Å². The predicted octanol–water partition coefficient (Wildman–Crippen LogP) is 5.30. The highest BCUT2D eigenvalue weighted by molar-refractivity contribution is 6.30. The molecule has 0 radical (unpaired) electrons. The smallest absolute Gasteiger partial charge is 0.253 e. The van der Waals surface area contributed by atoms with Gasteiger partial charge in [0.15, 0.2) is 5.75 Å². The van der Waals surface area contributed by atoms with Crippen LogP contribution < -0.4 is 9.47 Å². The molecule has 0 N–H and O–H groups in total. The van der Waals surface area contributed by atoms with Crippen molar-refractivity contribution in [3.63, 3.8) is 0 Å². The molecule has 2 aliphatic rings. The average Bonchev–Trinajstić information content (AvgIpc) is 3.00. The lowest BCUT2D eigenvalue weighted by molar-refractivity contribution is 0.0692. The minimum atomic E-state index is 0.0142. The number of piperazine rings is 1. The number of carbonyl (C=O) groups excluding carboxylic acids is 1. The van der Waals surface area contributed by atoms with Crippen LogP contribution in [0.4, 0.5) is 5.69 Å². The summed E-state index contributed by atoms with van der Waals surface area (Å²) in [6.45, 7) is 4.56. The first-order valence-electron chi connectivity index (χ1n) is 10.9. The maximum Gasteiger partial charge on any atom is 0.253 e. The number of carbonyl (C=O) groups is 1. The van der Waals surface area contributed by atoms with Gasteiger partial charge >= 0.3 is 0 Å². The third-order valence-corrected chi connectivity index (χ3v) is 6.20. The number of halogens is 1. The Morgan fingerprint density at radius 1 is 0.970 bits per heavy atom. The fourth-order valence-electron chi connectivity index (χ4n) is 4.13. The van der Waals surface area contributed by atoms with E-state index < -0.39 is 0 Å². The minimum Gasteiger partial charge on any atom is -0.497 e. The molecule has 7 heteroatoms. The maximum absolute atomic E-state index is 12.9. The molecule has 3 aromatic carbocycles. The summed E-state index contributed by atoms with van der Waals surface area (Å²) in [6.07, 6.45) is 0. The second kappa shape index (κ2) is 8.79. The molecular weight excluding hydrogens is 438 g/mol. The number of ether oxygens (including phenoxy) is 2. The van der Waals surface area contributed by atoms with E-state index in [-0.39, 0.29) is 5.91 Å². The summed E-state index contributed by atoms with van der Waals surface area (Å²) < 4.78 is 11.7. The van der Waals surface area contributed by atoms with E-state index in [2.05, 4.69) is 4.90 Å². The molecule has 0 unspecified atom stereocenters. The Kier molecular flexibility index (Phi) is 5.68. The number of nitrogens with zero attached hydrogens (tertiary/aromatic N) is 3. The quantitative estimate of drug-likeness (QED) is 0.519. The van der Waals surface area contributed by atoms with E-state index in [0.717, 1.165) is 39.9 Å². The van der Waals surface area contributed by atoms with Gasteiger partial charge in [-0.05, 0) is 67.1 Å². The van der Waals surface area contributed by atoms with Crippen molar-refractivity contribution in [3.8, 4) is 17.2 Å². The fourth-order valence-corrected chi connectivity index (χ4v) is 4.25. The van der Waals surface area contributed by atoms with Crippen molar-refractivity contribution in [1.82, 2.24) is 9.80 Å². The number of methoxy groups -OCH3 is 1. The number of amidine groups is 1. The van der Waals surface area contributed by atoms with Crippen molar-refractivity contribution in [1.29, 1.82) is 0 Å². The molecule has 0 saturated carbocycles. The summed E-state index contributed by atoms with van der Waals surface area (Å²) in [4.78, 5) is 22.0. The second-order valence-electron chi connectivity index (χ2n) is 8.16. The first-order chi connectivity index (χ1) is 16.0. The van der Waals surface area contributed by atoms with Crippen LogP contribution in [-0.2, 0) is 0 Å². The van der Waals surface area contributed by atoms with E-state index >= 15 is 0 Å². The van der Waals surface area contributed by atoms with Crippen LogP contribution in [0.15, 0.2) is 65.7 Å². The molecule has 0 aromatic heterocycles. The molecular formula is C26H24ClN3O3. The zero-order valence-corrected chi connectivity index (χ0v) is 19.3. The molecule has 0 aliphatic carbocycles. The number of aliphatic imine (C=N–C) groups is 1. The van der Waals surface area contributed by atoms with Gasteiger partial charge in [-0.2, -0.15) is 0 Å². The number of aryl methyl sites for hydroxylation is 1. The van der Waals surface area contributed by atoms with Crippen molar-refractivity contribution >= 4 is 29.0 Å². The van der Waals surface area contributed by atoms with Crippen LogP contribution in [-0.4, -0.2) is 54.8 Å². The summed E-state index contributed by atoms with van der Waals surface area (Å²) in [7, 11) is 1.65. The van der Waals surface area contributed by atoms with Crippen LogP contribution in [0.5, 0.6) is 17.2 Å². The van der Waals surface area contributed by atoms with Gasteiger partial charge in [-0.1, -0.05) is 17.7 Å². The Balaban J connectivity index is 1.44. The fraction of sp³-hybridized carbons (Fsp3) is 0.231. The van der Waals surface area contributed by atoms with Gasteiger partial charge in [0.2, 0.25) is 0 Å². The van der Waals surface area contributed by atoms with Gasteiger partial charge in [0.05, 0.1) is 12.7 Å². The van der Waals surface area contributed by atoms with Crippen molar-refractivity contribution in [2.24, 2.45) is 4.99 Å². The molecule has 33 heavy (non-hydrogen) atoms. The Bertz CT molecular complexity index is 1230. The van der Waals surface area contributed by atoms with Crippen LogP contribution in [0.25, 0.3) is 0 Å². The summed E-state index contributed by atoms with van der Waals surface area (Å²) in [6, 6.07) is 18.8. The molecule has 2 heterocycles. The third-order valence-electron chi connectivity index (χ3n) is 5.95. The van der Waals surface area contributed by atoms with Crippen LogP contribution >= 0.6 is 11.6 Å². The zero-order valence-electron chi connectivity index (χ0n) is 18.5. The second-order valence-corrected chi connectivity index (χ2v) is 8.59. The summed E-state index contributed by atoms with van der Waals surface area (Å²) in [5.41, 5.74) is 3.41. The average molecular weight is 462 g/mol. The lowest BCUT2D eigenvalue weighted by Crippen LogP contribution is -2.50. The number of amides is 1. The molecule has 1 amide bonds. The first kappa shape index (κ1) is 21.3. The standard InChI is InChI=1S/C26H24ClN3O3/c1-17-3-9-22-24(15-17)33-23-10-8-20(32-2)16-21(23)25(28-22)29-11-13-30(14-12-29)26(31)18-4-6-19(27)7-5-18/h3-10,15-16H,11-14H2,1-2H3. The molecule has 6 nitrogen and oxygen atoms in total. The van der Waals surface area contributed by atoms with E-state index in [1.54, 1.807) is 31.4 Å². The SMILES string of the molecule is COc1ccc2c(c1)C(N1CCN(C(=O)c3ccc(Cl)cc3)CC1)=Nc1ccc(C)cc1O2. The Morgan fingerprint density at radius 3 is 2.45 bits per heavy atom. The van der Waals surface area contributed by atoms with Gasteiger partial charge in [0.1, 0.15) is 23.0 Å². The predicted molar refractivity (Wildman–Crippen MR) is 129 cm³/mol. The lowest BCUT2D eigenvalue weighted by atomic mass is 10.1. The minimum absolute atomic E-state index is 0.0142. The largest absolute Gasteiger partial charge is 0.497 e. The maximum atomic E-state index is 12.9. The molecule has 1 fully saturated rings. The van der Waals surface area contributed by atoms with Crippen LogP contribution in [0.3, 0.4) is 0 Å². The van der Waals surface area contributed by atoms with Crippen molar-refractivity contribution in [2.75, 3.05) is 33.3 Å².